The van der Waals surface area contributed by atoms with Gasteiger partial charge in [-0.15, -0.1) is 12.4 Å². The molecular formula is C11H17ClFN3. The summed E-state index contributed by atoms with van der Waals surface area (Å²) in [5, 5.41) is 0. The van der Waals surface area contributed by atoms with Gasteiger partial charge in [-0.3, -0.25) is 0 Å². The monoisotopic (exact) mass is 245 g/mol. The van der Waals surface area contributed by atoms with Crippen LogP contribution in [-0.2, 0) is 0 Å². The topological polar surface area (TPSA) is 32.5 Å². The predicted molar refractivity (Wildman–Crippen MR) is 68.2 cm³/mol. The van der Waals surface area contributed by atoms with Gasteiger partial charge in [0.25, 0.3) is 0 Å². The van der Waals surface area contributed by atoms with Crippen molar-refractivity contribution in [2.24, 2.45) is 5.73 Å². The lowest BCUT2D eigenvalue weighted by Crippen LogP contribution is -2.41. The molecule has 0 saturated carbocycles. The third-order valence-electron chi connectivity index (χ3n) is 2.79. The zero-order valence-electron chi connectivity index (χ0n) is 9.32. The molecule has 0 radical (unpaired) electrons. The lowest BCUT2D eigenvalue weighted by molar-refractivity contribution is 0.624. The Morgan fingerprint density at radius 2 is 2.06 bits per heavy atom. The van der Waals surface area contributed by atoms with E-state index in [0.717, 1.165) is 31.0 Å². The van der Waals surface area contributed by atoms with E-state index in [9.17, 15) is 4.39 Å². The maximum Gasteiger partial charge on any atom is 0.125 e. The van der Waals surface area contributed by atoms with Gasteiger partial charge < -0.3 is 15.5 Å². The van der Waals surface area contributed by atoms with E-state index < -0.39 is 0 Å². The molecule has 0 unspecified atom stereocenters. The van der Waals surface area contributed by atoms with Crippen molar-refractivity contribution in [1.82, 2.24) is 0 Å². The maximum absolute atomic E-state index is 13.1. The highest BCUT2D eigenvalue weighted by Gasteiger charge is 2.19. The van der Waals surface area contributed by atoms with Gasteiger partial charge in [-0.25, -0.2) is 4.39 Å². The van der Waals surface area contributed by atoms with Crippen LogP contribution in [0.3, 0.4) is 0 Å². The molecule has 0 saturated heterocycles. The van der Waals surface area contributed by atoms with Crippen LogP contribution in [0.25, 0.3) is 0 Å². The van der Waals surface area contributed by atoms with Gasteiger partial charge in [-0.2, -0.15) is 0 Å². The van der Waals surface area contributed by atoms with E-state index in [-0.39, 0.29) is 18.2 Å². The van der Waals surface area contributed by atoms with E-state index in [1.165, 1.54) is 6.07 Å². The highest BCUT2D eigenvalue weighted by atomic mass is 35.5. The third-order valence-corrected chi connectivity index (χ3v) is 2.79. The second kappa shape index (κ2) is 5.37. The van der Waals surface area contributed by atoms with Crippen LogP contribution in [0.5, 0.6) is 0 Å². The number of nitrogens with two attached hydrogens (primary N) is 1. The summed E-state index contributed by atoms with van der Waals surface area (Å²) in [5.74, 6) is -0.185. The van der Waals surface area contributed by atoms with E-state index in [0.29, 0.717) is 6.54 Å². The SMILES string of the molecule is CN1CCN(CCN)c2ccc(F)cc21.Cl. The molecule has 1 aliphatic heterocycles. The molecule has 0 bridgehead atoms. The normalized spacial score (nSPS) is 14.4. The van der Waals surface area contributed by atoms with Crippen molar-refractivity contribution < 1.29 is 4.39 Å². The van der Waals surface area contributed by atoms with Gasteiger partial charge in [0.15, 0.2) is 0 Å². The number of nitrogens with zero attached hydrogens (tertiary/aromatic N) is 2. The first-order valence-electron chi connectivity index (χ1n) is 5.18. The van der Waals surface area contributed by atoms with Gasteiger partial charge in [0.05, 0.1) is 11.4 Å². The van der Waals surface area contributed by atoms with Crippen LogP contribution in [0.15, 0.2) is 18.2 Å². The molecule has 5 heteroatoms. The van der Waals surface area contributed by atoms with Crippen LogP contribution in [0.1, 0.15) is 0 Å². The van der Waals surface area contributed by atoms with Gasteiger partial charge in [0.1, 0.15) is 5.82 Å². The Labute approximate surface area is 101 Å². The summed E-state index contributed by atoms with van der Waals surface area (Å²) in [6, 6.07) is 4.91. The fourth-order valence-electron chi connectivity index (χ4n) is 1.97. The number of halogens is 2. The van der Waals surface area contributed by atoms with Gasteiger partial charge in [-0.1, -0.05) is 0 Å². The van der Waals surface area contributed by atoms with Gasteiger partial charge in [0, 0.05) is 33.2 Å². The van der Waals surface area contributed by atoms with Crippen LogP contribution in [-0.4, -0.2) is 33.2 Å². The van der Waals surface area contributed by atoms with Crippen molar-refractivity contribution in [3.8, 4) is 0 Å². The molecule has 1 aromatic carbocycles. The molecule has 90 valence electrons. The molecule has 1 heterocycles. The molecule has 0 aliphatic carbocycles. The number of hydrogen-bond donors (Lipinski definition) is 1. The van der Waals surface area contributed by atoms with Gasteiger partial charge >= 0.3 is 0 Å². The number of anilines is 2. The van der Waals surface area contributed by atoms with Gasteiger partial charge in [0.2, 0.25) is 0 Å². The molecule has 0 atom stereocenters. The van der Waals surface area contributed by atoms with Crippen molar-refractivity contribution >= 4 is 23.8 Å². The molecule has 2 N–H and O–H groups in total. The number of likely N-dealkylation sites (N-methyl/N-ethyl adjacent to an activating group) is 1. The Morgan fingerprint density at radius 3 is 2.75 bits per heavy atom. The Morgan fingerprint density at radius 1 is 1.31 bits per heavy atom. The van der Waals surface area contributed by atoms with Crippen molar-refractivity contribution in [1.29, 1.82) is 0 Å². The van der Waals surface area contributed by atoms with Crippen LogP contribution in [0.2, 0.25) is 0 Å². The summed E-state index contributed by atoms with van der Waals surface area (Å²) in [6.07, 6.45) is 0. The summed E-state index contributed by atoms with van der Waals surface area (Å²) < 4.78 is 13.1. The van der Waals surface area contributed by atoms with Crippen molar-refractivity contribution in [2.45, 2.75) is 0 Å². The van der Waals surface area contributed by atoms with Crippen molar-refractivity contribution in [3.05, 3.63) is 24.0 Å². The largest absolute Gasteiger partial charge is 0.371 e. The summed E-state index contributed by atoms with van der Waals surface area (Å²) >= 11 is 0. The molecule has 16 heavy (non-hydrogen) atoms. The lowest BCUT2D eigenvalue weighted by atomic mass is 10.1. The molecule has 2 rings (SSSR count). The highest BCUT2D eigenvalue weighted by molar-refractivity contribution is 5.85. The summed E-state index contributed by atoms with van der Waals surface area (Å²) in [7, 11) is 1.98. The summed E-state index contributed by atoms with van der Waals surface area (Å²) in [5.41, 5.74) is 7.58. The van der Waals surface area contributed by atoms with E-state index in [4.69, 9.17) is 5.73 Å². The molecule has 3 nitrogen and oxygen atoms in total. The Bertz CT molecular complexity index is 359. The Balaban J connectivity index is 0.00000128. The molecular weight excluding hydrogens is 229 g/mol. The smallest absolute Gasteiger partial charge is 0.125 e. The first-order valence-corrected chi connectivity index (χ1v) is 5.18. The Kier molecular flexibility index (Phi) is 4.38. The zero-order chi connectivity index (χ0) is 10.8. The quantitative estimate of drug-likeness (QED) is 0.857. The molecule has 1 aromatic rings. The number of hydrogen-bond acceptors (Lipinski definition) is 3. The number of fused-ring (bicyclic) bond motifs is 1. The standard InChI is InChI=1S/C11H16FN3.ClH/c1-14-6-7-15(5-4-13)10-3-2-9(12)8-11(10)14;/h2-3,8H,4-7,13H2,1H3;1H. The van der Waals surface area contributed by atoms with Crippen LogP contribution < -0.4 is 15.5 Å². The van der Waals surface area contributed by atoms with Crippen molar-refractivity contribution in [2.75, 3.05) is 43.0 Å². The second-order valence-electron chi connectivity index (χ2n) is 3.83. The summed E-state index contributed by atoms with van der Waals surface area (Å²) in [6.45, 7) is 3.32. The minimum atomic E-state index is -0.185. The first-order chi connectivity index (χ1) is 7.22. The van der Waals surface area contributed by atoms with E-state index in [2.05, 4.69) is 9.80 Å². The number of benzene rings is 1. The third kappa shape index (κ3) is 2.39. The lowest BCUT2D eigenvalue weighted by Gasteiger charge is -2.36. The molecule has 1 aliphatic rings. The summed E-state index contributed by atoms with van der Waals surface area (Å²) in [4.78, 5) is 4.28. The van der Waals surface area contributed by atoms with Crippen LogP contribution in [0.4, 0.5) is 15.8 Å². The maximum atomic E-state index is 13.1. The average molecular weight is 246 g/mol. The Hall–Kier alpha value is -1.00. The first kappa shape index (κ1) is 13.1. The minimum Gasteiger partial charge on any atom is -0.371 e. The van der Waals surface area contributed by atoms with Crippen LogP contribution >= 0.6 is 12.4 Å². The van der Waals surface area contributed by atoms with Gasteiger partial charge in [-0.05, 0) is 18.2 Å². The zero-order valence-corrected chi connectivity index (χ0v) is 10.1. The molecule has 0 amide bonds. The van der Waals surface area contributed by atoms with E-state index in [1.807, 2.05) is 13.1 Å². The molecule has 0 spiro atoms. The molecule has 0 aromatic heterocycles. The number of rotatable bonds is 2. The van der Waals surface area contributed by atoms with Crippen LogP contribution in [0, 0.1) is 5.82 Å². The minimum absolute atomic E-state index is 0. The fourth-order valence-corrected chi connectivity index (χ4v) is 1.97. The predicted octanol–water partition coefficient (Wildman–Crippen LogP) is 1.46. The average Bonchev–Trinajstić information content (AvgIpc) is 2.23. The van der Waals surface area contributed by atoms with E-state index >= 15 is 0 Å². The second-order valence-corrected chi connectivity index (χ2v) is 3.83. The highest BCUT2D eigenvalue weighted by Crippen LogP contribution is 2.32. The molecule has 0 fully saturated rings. The van der Waals surface area contributed by atoms with Crippen molar-refractivity contribution in [3.63, 3.8) is 0 Å². The van der Waals surface area contributed by atoms with E-state index in [1.54, 1.807) is 6.07 Å². The fraction of sp³-hybridized carbons (Fsp3) is 0.455.